The molecule has 0 radical (unpaired) electrons. The number of phenols is 1. The lowest BCUT2D eigenvalue weighted by Crippen LogP contribution is -2.31. The maximum atomic E-state index is 10.2. The maximum Gasteiger partial charge on any atom is 0.134 e. The van der Waals surface area contributed by atoms with Crippen molar-refractivity contribution in [2.24, 2.45) is 11.7 Å². The molecule has 0 aliphatic heterocycles. The second-order valence-corrected chi connectivity index (χ2v) is 5.18. The van der Waals surface area contributed by atoms with Crippen LogP contribution in [0.2, 0.25) is 5.02 Å². The molecule has 1 aliphatic rings. The van der Waals surface area contributed by atoms with Crippen LogP contribution in [0.1, 0.15) is 37.3 Å². The van der Waals surface area contributed by atoms with Gasteiger partial charge in [-0.1, -0.05) is 30.5 Å². The van der Waals surface area contributed by atoms with E-state index in [-0.39, 0.29) is 29.1 Å². The fourth-order valence-electron chi connectivity index (χ4n) is 2.52. The van der Waals surface area contributed by atoms with E-state index < -0.39 is 12.1 Å². The standard InChI is InChI=1S/C13H18ClNO2.ClH/c14-10-7-9(5-6-11(10)16)12(15)13(17)8-3-1-2-4-8;/h5-8,12-13,16-17H,1-4,15H2;1H/t12-,13+;/m1./s1. The van der Waals surface area contributed by atoms with Crippen molar-refractivity contribution in [3.63, 3.8) is 0 Å². The summed E-state index contributed by atoms with van der Waals surface area (Å²) in [6.07, 6.45) is 3.90. The molecule has 0 bridgehead atoms. The molecule has 102 valence electrons. The van der Waals surface area contributed by atoms with Crippen molar-refractivity contribution in [3.05, 3.63) is 28.8 Å². The fraction of sp³-hybridized carbons (Fsp3) is 0.538. The van der Waals surface area contributed by atoms with Gasteiger partial charge in [-0.25, -0.2) is 0 Å². The Morgan fingerprint density at radius 3 is 2.44 bits per heavy atom. The highest BCUT2D eigenvalue weighted by Gasteiger charge is 2.28. The molecule has 1 saturated carbocycles. The number of benzene rings is 1. The van der Waals surface area contributed by atoms with Gasteiger partial charge in [0.1, 0.15) is 5.75 Å². The van der Waals surface area contributed by atoms with Crippen LogP contribution in [0.25, 0.3) is 0 Å². The second-order valence-electron chi connectivity index (χ2n) is 4.77. The third-order valence-corrected chi connectivity index (χ3v) is 3.91. The van der Waals surface area contributed by atoms with Crippen LogP contribution in [0.3, 0.4) is 0 Å². The molecule has 1 fully saturated rings. The predicted octanol–water partition coefficient (Wildman–Crippen LogP) is 3.02. The summed E-state index contributed by atoms with van der Waals surface area (Å²) in [6.45, 7) is 0. The van der Waals surface area contributed by atoms with Crippen molar-refractivity contribution >= 4 is 24.0 Å². The first-order chi connectivity index (χ1) is 8.09. The highest BCUT2D eigenvalue weighted by Crippen LogP contribution is 2.34. The van der Waals surface area contributed by atoms with E-state index in [0.717, 1.165) is 18.4 Å². The Morgan fingerprint density at radius 1 is 1.28 bits per heavy atom. The lowest BCUT2D eigenvalue weighted by Gasteiger charge is -2.24. The number of aliphatic hydroxyl groups excluding tert-OH is 1. The van der Waals surface area contributed by atoms with E-state index in [1.165, 1.54) is 18.9 Å². The minimum Gasteiger partial charge on any atom is -0.506 e. The Hall–Kier alpha value is -0.480. The number of hydrogen-bond donors (Lipinski definition) is 3. The topological polar surface area (TPSA) is 66.5 Å². The van der Waals surface area contributed by atoms with Crippen LogP contribution in [0.5, 0.6) is 5.75 Å². The molecule has 0 spiro atoms. The third-order valence-electron chi connectivity index (χ3n) is 3.61. The quantitative estimate of drug-likeness (QED) is 0.802. The minimum atomic E-state index is -0.530. The number of aromatic hydroxyl groups is 1. The monoisotopic (exact) mass is 291 g/mol. The first-order valence-electron chi connectivity index (χ1n) is 6.01. The van der Waals surface area contributed by atoms with Crippen LogP contribution in [-0.2, 0) is 0 Å². The summed E-state index contributed by atoms with van der Waals surface area (Å²) >= 11 is 5.84. The fourth-order valence-corrected chi connectivity index (χ4v) is 2.71. The molecule has 1 aromatic carbocycles. The van der Waals surface area contributed by atoms with E-state index in [4.69, 9.17) is 17.3 Å². The number of rotatable bonds is 3. The molecule has 5 heteroatoms. The Kier molecular flexibility index (Phi) is 5.73. The number of phenolic OH excluding ortho intramolecular Hbond substituents is 1. The number of aliphatic hydroxyl groups is 1. The molecule has 4 N–H and O–H groups in total. The van der Waals surface area contributed by atoms with Crippen LogP contribution in [0.4, 0.5) is 0 Å². The van der Waals surface area contributed by atoms with Gasteiger partial charge < -0.3 is 15.9 Å². The second kappa shape index (κ2) is 6.62. The summed E-state index contributed by atoms with van der Waals surface area (Å²) in [5, 5.41) is 19.8. The Bertz CT molecular complexity index is 395. The van der Waals surface area contributed by atoms with Crippen LogP contribution < -0.4 is 5.73 Å². The molecule has 2 rings (SSSR count). The van der Waals surface area contributed by atoms with Crippen molar-refractivity contribution in [1.82, 2.24) is 0 Å². The van der Waals surface area contributed by atoms with Crippen molar-refractivity contribution in [2.75, 3.05) is 0 Å². The zero-order valence-electron chi connectivity index (χ0n) is 10.1. The molecular formula is C13H19Cl2NO2. The van der Waals surface area contributed by atoms with E-state index in [2.05, 4.69) is 0 Å². The number of nitrogens with two attached hydrogens (primary N) is 1. The lowest BCUT2D eigenvalue weighted by atomic mass is 9.91. The number of hydrogen-bond acceptors (Lipinski definition) is 3. The summed E-state index contributed by atoms with van der Waals surface area (Å²) in [7, 11) is 0. The van der Waals surface area contributed by atoms with Gasteiger partial charge in [-0.15, -0.1) is 12.4 Å². The van der Waals surface area contributed by atoms with E-state index in [1.807, 2.05) is 0 Å². The molecule has 1 aliphatic carbocycles. The Morgan fingerprint density at radius 2 is 1.89 bits per heavy atom. The smallest absolute Gasteiger partial charge is 0.134 e. The molecule has 1 aromatic rings. The van der Waals surface area contributed by atoms with E-state index in [0.29, 0.717) is 0 Å². The predicted molar refractivity (Wildman–Crippen MR) is 75.3 cm³/mol. The van der Waals surface area contributed by atoms with Gasteiger partial charge in [0.2, 0.25) is 0 Å². The van der Waals surface area contributed by atoms with E-state index in [9.17, 15) is 10.2 Å². The van der Waals surface area contributed by atoms with Gasteiger partial charge in [-0.2, -0.15) is 0 Å². The normalized spacial score (nSPS) is 19.3. The van der Waals surface area contributed by atoms with Crippen LogP contribution in [0.15, 0.2) is 18.2 Å². The van der Waals surface area contributed by atoms with E-state index in [1.54, 1.807) is 12.1 Å². The largest absolute Gasteiger partial charge is 0.506 e. The van der Waals surface area contributed by atoms with Gasteiger partial charge in [0.25, 0.3) is 0 Å². The van der Waals surface area contributed by atoms with Crippen molar-refractivity contribution in [2.45, 2.75) is 37.8 Å². The van der Waals surface area contributed by atoms with Crippen molar-refractivity contribution in [3.8, 4) is 5.75 Å². The summed E-state index contributed by atoms with van der Waals surface area (Å²) < 4.78 is 0. The SMILES string of the molecule is Cl.N[C@H](c1ccc(O)c(Cl)c1)[C@@H](O)C1CCCC1. The summed E-state index contributed by atoms with van der Waals surface area (Å²) in [5.41, 5.74) is 6.82. The molecular weight excluding hydrogens is 273 g/mol. The van der Waals surface area contributed by atoms with Gasteiger partial charge in [0.05, 0.1) is 17.2 Å². The highest BCUT2D eigenvalue weighted by atomic mass is 35.5. The van der Waals surface area contributed by atoms with Crippen LogP contribution in [0, 0.1) is 5.92 Å². The first kappa shape index (κ1) is 15.6. The zero-order chi connectivity index (χ0) is 12.4. The maximum absolute atomic E-state index is 10.2. The first-order valence-corrected chi connectivity index (χ1v) is 6.39. The highest BCUT2D eigenvalue weighted by molar-refractivity contribution is 6.32. The Labute approximate surface area is 118 Å². The van der Waals surface area contributed by atoms with Gasteiger partial charge in [-0.05, 0) is 36.5 Å². The average molecular weight is 292 g/mol. The van der Waals surface area contributed by atoms with Crippen molar-refractivity contribution in [1.29, 1.82) is 0 Å². The molecule has 0 amide bonds. The zero-order valence-corrected chi connectivity index (χ0v) is 11.6. The van der Waals surface area contributed by atoms with Crippen LogP contribution >= 0.6 is 24.0 Å². The molecule has 18 heavy (non-hydrogen) atoms. The number of halogens is 2. The average Bonchev–Trinajstić information content (AvgIpc) is 2.84. The third kappa shape index (κ3) is 3.29. The molecule has 3 nitrogen and oxygen atoms in total. The van der Waals surface area contributed by atoms with Gasteiger partial charge in [0, 0.05) is 0 Å². The van der Waals surface area contributed by atoms with Crippen LogP contribution in [-0.4, -0.2) is 16.3 Å². The summed E-state index contributed by atoms with van der Waals surface area (Å²) in [4.78, 5) is 0. The summed E-state index contributed by atoms with van der Waals surface area (Å²) in [5.74, 6) is 0.329. The minimum absolute atomic E-state index is 0. The van der Waals surface area contributed by atoms with E-state index >= 15 is 0 Å². The molecule has 2 atom stereocenters. The Balaban J connectivity index is 0.00000162. The molecule has 0 aromatic heterocycles. The molecule has 0 saturated heterocycles. The van der Waals surface area contributed by atoms with Crippen molar-refractivity contribution < 1.29 is 10.2 Å². The van der Waals surface area contributed by atoms with Gasteiger partial charge >= 0.3 is 0 Å². The summed E-state index contributed by atoms with van der Waals surface area (Å²) in [6, 6.07) is 4.42. The van der Waals surface area contributed by atoms with Gasteiger partial charge in [0.15, 0.2) is 0 Å². The lowest BCUT2D eigenvalue weighted by molar-refractivity contribution is 0.0845. The molecule has 0 heterocycles. The molecule has 0 unspecified atom stereocenters. The van der Waals surface area contributed by atoms with Gasteiger partial charge in [-0.3, -0.25) is 0 Å².